The summed E-state index contributed by atoms with van der Waals surface area (Å²) in [5.74, 6) is 0.685. The summed E-state index contributed by atoms with van der Waals surface area (Å²) in [6.45, 7) is 7.44. The Labute approximate surface area is 71.4 Å². The van der Waals surface area contributed by atoms with Crippen LogP contribution in [0, 0.1) is 0 Å². The van der Waals surface area contributed by atoms with Crippen LogP contribution >= 0.6 is 0 Å². The van der Waals surface area contributed by atoms with E-state index in [1.165, 1.54) is 0 Å². The van der Waals surface area contributed by atoms with Gasteiger partial charge in [0.05, 0.1) is 13.2 Å². The minimum Gasteiger partial charge on any atom is -0.466 e. The van der Waals surface area contributed by atoms with Gasteiger partial charge in [0.1, 0.15) is 0 Å². The lowest BCUT2D eigenvalue weighted by Gasteiger charge is -2.07. The molecule has 0 amide bonds. The summed E-state index contributed by atoms with van der Waals surface area (Å²) in [5, 5.41) is 0. The van der Waals surface area contributed by atoms with E-state index in [0.29, 0.717) is 19.2 Å². The fourth-order valence-electron chi connectivity index (χ4n) is 0.629. The molecule has 11 heavy (non-hydrogen) atoms. The molecule has 0 N–H and O–H groups in total. The summed E-state index contributed by atoms with van der Waals surface area (Å²) in [6, 6.07) is 1.05. The van der Waals surface area contributed by atoms with Crippen LogP contribution in [0.25, 0.3) is 0 Å². The summed E-state index contributed by atoms with van der Waals surface area (Å²) >= 11 is 0. The van der Waals surface area contributed by atoms with Crippen LogP contribution < -0.4 is 0 Å². The Kier molecular flexibility index (Phi) is 7.35. The molecule has 0 aromatic heterocycles. The molecule has 0 rings (SSSR count). The van der Waals surface area contributed by atoms with Gasteiger partial charge in [-0.25, -0.2) is 0 Å². The first kappa shape index (κ1) is 10.6. The van der Waals surface area contributed by atoms with Gasteiger partial charge in [0, 0.05) is 9.52 Å². The molecule has 0 aliphatic heterocycles. The van der Waals surface area contributed by atoms with Crippen molar-refractivity contribution in [3.05, 3.63) is 12.0 Å². The van der Waals surface area contributed by atoms with Crippen molar-refractivity contribution in [2.24, 2.45) is 0 Å². The molecule has 0 aliphatic rings. The van der Waals surface area contributed by atoms with Gasteiger partial charge in [0.25, 0.3) is 5.95 Å². The highest BCUT2D eigenvalue weighted by Crippen LogP contribution is 2.01. The highest BCUT2D eigenvalue weighted by molar-refractivity contribution is 6.34. The molecule has 0 heterocycles. The summed E-state index contributed by atoms with van der Waals surface area (Å²) < 4.78 is 10.5. The quantitative estimate of drug-likeness (QED) is 0.451. The molecule has 0 aliphatic carbocycles. The Balaban J connectivity index is 3.66. The molecule has 0 bridgehead atoms. The molecule has 0 atom stereocenters. The highest BCUT2D eigenvalue weighted by Gasteiger charge is 1.94. The van der Waals surface area contributed by atoms with Crippen LogP contribution in [0.15, 0.2) is 12.0 Å². The maximum absolute atomic E-state index is 5.23. The second-order valence-electron chi connectivity index (χ2n) is 1.95. The van der Waals surface area contributed by atoms with Gasteiger partial charge in [-0.3, -0.25) is 0 Å². The van der Waals surface area contributed by atoms with Gasteiger partial charge in [-0.2, -0.15) is 0 Å². The first-order valence-corrected chi connectivity index (χ1v) is 5.66. The average Bonchev–Trinajstić information content (AvgIpc) is 2.01. The van der Waals surface area contributed by atoms with Crippen LogP contribution in [-0.2, 0) is 9.47 Å². The molecule has 0 saturated heterocycles. The van der Waals surface area contributed by atoms with E-state index in [-0.39, 0.29) is 0 Å². The Morgan fingerprint density at radius 2 is 1.82 bits per heavy atom. The number of allylic oxidation sites excluding steroid dienone is 1. The monoisotopic (exact) mass is 172 g/mol. The predicted octanol–water partition coefficient (Wildman–Crippen LogP) is 2.07. The van der Waals surface area contributed by atoms with Crippen molar-refractivity contribution >= 4 is 9.52 Å². The van der Waals surface area contributed by atoms with Gasteiger partial charge in [-0.1, -0.05) is 6.55 Å². The Bertz CT molecular complexity index is 105. The van der Waals surface area contributed by atoms with Gasteiger partial charge >= 0.3 is 0 Å². The molecule has 0 spiro atoms. The lowest BCUT2D eigenvalue weighted by Crippen LogP contribution is -1.97. The number of ether oxygens (including phenoxy) is 2. The van der Waals surface area contributed by atoms with Gasteiger partial charge < -0.3 is 9.47 Å². The van der Waals surface area contributed by atoms with Gasteiger partial charge in [0.2, 0.25) is 0 Å². The van der Waals surface area contributed by atoms with E-state index < -0.39 is 0 Å². The molecular formula is C8H16O2Si. The zero-order chi connectivity index (χ0) is 8.53. The molecule has 0 aromatic rings. The minimum absolute atomic E-state index is 0.679. The largest absolute Gasteiger partial charge is 0.466 e. The third kappa shape index (κ3) is 5.98. The smallest absolute Gasteiger partial charge is 0.274 e. The number of hydrogen-bond donors (Lipinski definition) is 0. The van der Waals surface area contributed by atoms with E-state index in [1.54, 1.807) is 0 Å². The standard InChI is InChI=1S/C8H16O2Si/c1-4-9-8(10-5-2)6-7-11-3/h6H,4-5,7H2,1-3H3. The van der Waals surface area contributed by atoms with E-state index in [2.05, 4.69) is 6.55 Å². The molecule has 2 radical (unpaired) electrons. The fourth-order valence-corrected chi connectivity index (χ4v) is 1.00. The zero-order valence-electron chi connectivity index (χ0n) is 7.52. The van der Waals surface area contributed by atoms with Crippen molar-refractivity contribution in [3.63, 3.8) is 0 Å². The van der Waals surface area contributed by atoms with Crippen LogP contribution in [0.1, 0.15) is 13.8 Å². The predicted molar refractivity (Wildman–Crippen MR) is 47.8 cm³/mol. The van der Waals surface area contributed by atoms with Crippen molar-refractivity contribution in [2.45, 2.75) is 26.4 Å². The van der Waals surface area contributed by atoms with Crippen LogP contribution in [0.4, 0.5) is 0 Å². The number of hydrogen-bond acceptors (Lipinski definition) is 2. The van der Waals surface area contributed by atoms with Crippen molar-refractivity contribution in [1.29, 1.82) is 0 Å². The highest BCUT2D eigenvalue weighted by atomic mass is 28.2. The minimum atomic E-state index is 0.679. The normalized spacial score (nSPS) is 9.00. The van der Waals surface area contributed by atoms with E-state index >= 15 is 0 Å². The summed E-state index contributed by atoms with van der Waals surface area (Å²) in [7, 11) is 0.923. The third-order valence-corrected chi connectivity index (χ3v) is 1.66. The average molecular weight is 172 g/mol. The Morgan fingerprint density at radius 1 is 1.27 bits per heavy atom. The molecule has 0 aromatic carbocycles. The second kappa shape index (κ2) is 7.66. The van der Waals surface area contributed by atoms with Crippen molar-refractivity contribution in [1.82, 2.24) is 0 Å². The summed E-state index contributed by atoms with van der Waals surface area (Å²) in [6.07, 6.45) is 2.01. The van der Waals surface area contributed by atoms with Crippen molar-refractivity contribution in [3.8, 4) is 0 Å². The van der Waals surface area contributed by atoms with Crippen LogP contribution in [0.2, 0.25) is 12.6 Å². The molecule has 3 heteroatoms. The maximum Gasteiger partial charge on any atom is 0.274 e. The third-order valence-electron chi connectivity index (χ3n) is 1.05. The zero-order valence-corrected chi connectivity index (χ0v) is 8.52. The Hall–Kier alpha value is -0.443. The van der Waals surface area contributed by atoms with E-state index in [4.69, 9.17) is 9.47 Å². The first-order valence-electron chi connectivity index (χ1n) is 3.95. The van der Waals surface area contributed by atoms with E-state index in [1.807, 2.05) is 19.9 Å². The van der Waals surface area contributed by atoms with Crippen LogP contribution in [0.3, 0.4) is 0 Å². The van der Waals surface area contributed by atoms with Crippen LogP contribution in [0.5, 0.6) is 0 Å². The van der Waals surface area contributed by atoms with Crippen LogP contribution in [-0.4, -0.2) is 22.7 Å². The fraction of sp³-hybridized carbons (Fsp3) is 0.750. The van der Waals surface area contributed by atoms with Gasteiger partial charge in [-0.15, -0.1) is 0 Å². The molecule has 2 nitrogen and oxygen atoms in total. The van der Waals surface area contributed by atoms with Crippen molar-refractivity contribution in [2.75, 3.05) is 13.2 Å². The van der Waals surface area contributed by atoms with Crippen molar-refractivity contribution < 1.29 is 9.47 Å². The second-order valence-corrected chi connectivity index (χ2v) is 3.06. The molecule has 0 unspecified atom stereocenters. The SMILES string of the molecule is CCOC(=CC[Si]C)OCC. The van der Waals surface area contributed by atoms with E-state index in [0.717, 1.165) is 15.6 Å². The maximum atomic E-state index is 5.23. The van der Waals surface area contributed by atoms with Gasteiger partial charge in [-0.05, 0) is 26.0 Å². The number of rotatable bonds is 6. The molecule has 0 saturated carbocycles. The summed E-state index contributed by atoms with van der Waals surface area (Å²) in [5.41, 5.74) is 0. The Morgan fingerprint density at radius 3 is 2.18 bits per heavy atom. The lowest BCUT2D eigenvalue weighted by molar-refractivity contribution is 0.0461. The lowest BCUT2D eigenvalue weighted by atomic mass is 10.6. The summed E-state index contributed by atoms with van der Waals surface area (Å²) in [4.78, 5) is 0. The topological polar surface area (TPSA) is 18.5 Å². The van der Waals surface area contributed by atoms with Gasteiger partial charge in [0.15, 0.2) is 0 Å². The molecule has 64 valence electrons. The van der Waals surface area contributed by atoms with E-state index in [9.17, 15) is 0 Å². The molecule has 0 fully saturated rings. The first-order chi connectivity index (χ1) is 5.35. The molecular weight excluding hydrogens is 156 g/mol.